The van der Waals surface area contributed by atoms with Gasteiger partial charge in [-0.05, 0) is 48.5 Å². The van der Waals surface area contributed by atoms with Crippen LogP contribution in [0.3, 0.4) is 0 Å². The number of halogens is 1. The Morgan fingerprint density at radius 2 is 1.67 bits per heavy atom. The third-order valence-electron chi connectivity index (χ3n) is 5.24. The number of anilines is 1. The molecule has 2 heterocycles. The lowest BCUT2D eigenvalue weighted by Crippen LogP contribution is -2.16. The third kappa shape index (κ3) is 3.53. The smallest absolute Gasteiger partial charge is 0.256 e. The Balaban J connectivity index is 1.81. The van der Waals surface area contributed by atoms with E-state index in [2.05, 4.69) is 16.4 Å². The lowest BCUT2D eigenvalue weighted by molar-refractivity contribution is 0.102. The van der Waals surface area contributed by atoms with Gasteiger partial charge in [0.15, 0.2) is 5.65 Å². The molecular weight excluding hydrogens is 438 g/mol. The van der Waals surface area contributed by atoms with Gasteiger partial charge in [0, 0.05) is 10.6 Å². The molecule has 0 fully saturated rings. The summed E-state index contributed by atoms with van der Waals surface area (Å²) in [6.45, 7) is 0. The maximum Gasteiger partial charge on any atom is 0.256 e. The van der Waals surface area contributed by atoms with E-state index in [-0.39, 0.29) is 11.4 Å². The summed E-state index contributed by atoms with van der Waals surface area (Å²) in [5.74, 6) is 0.412. The maximum absolute atomic E-state index is 13.1. The number of benzene rings is 3. The third-order valence-corrected chi connectivity index (χ3v) is 5.49. The van der Waals surface area contributed by atoms with Gasteiger partial charge < -0.3 is 10.1 Å². The number of hydrogen-bond donors (Lipinski definition) is 1. The molecule has 2 aromatic heterocycles. The lowest BCUT2D eigenvalue weighted by Gasteiger charge is -2.14. The van der Waals surface area contributed by atoms with Gasteiger partial charge in [0.2, 0.25) is 0 Å². The number of fused-ring (bicyclic) bond motifs is 2. The molecule has 5 aromatic rings. The van der Waals surface area contributed by atoms with Crippen molar-refractivity contribution in [1.29, 1.82) is 5.26 Å². The predicted octanol–water partition coefficient (Wildman–Crippen LogP) is 5.36. The zero-order valence-corrected chi connectivity index (χ0v) is 18.2. The Morgan fingerprint density at radius 1 is 1.00 bits per heavy atom. The quantitative estimate of drug-likeness (QED) is 0.395. The van der Waals surface area contributed by atoms with E-state index in [1.54, 1.807) is 42.0 Å². The van der Waals surface area contributed by atoms with E-state index in [0.717, 1.165) is 0 Å². The van der Waals surface area contributed by atoms with Crippen LogP contribution in [0, 0.1) is 11.3 Å². The van der Waals surface area contributed by atoms with Gasteiger partial charge in [-0.3, -0.25) is 9.36 Å². The van der Waals surface area contributed by atoms with Gasteiger partial charge in [0.25, 0.3) is 5.91 Å². The molecule has 7 nitrogen and oxygen atoms in total. The van der Waals surface area contributed by atoms with E-state index >= 15 is 0 Å². The molecule has 0 unspecified atom stereocenters. The molecule has 3 aromatic carbocycles. The van der Waals surface area contributed by atoms with Crippen molar-refractivity contribution in [2.45, 2.75) is 0 Å². The number of para-hydroxylation sites is 4. The van der Waals surface area contributed by atoms with Crippen LogP contribution in [-0.4, -0.2) is 27.6 Å². The summed E-state index contributed by atoms with van der Waals surface area (Å²) in [5.41, 5.74) is 3.34. The van der Waals surface area contributed by atoms with Crippen LogP contribution in [0.4, 0.5) is 5.82 Å². The van der Waals surface area contributed by atoms with E-state index < -0.39 is 5.91 Å². The summed E-state index contributed by atoms with van der Waals surface area (Å²) >= 11 is 5.96. The van der Waals surface area contributed by atoms with Crippen LogP contribution in [0.5, 0.6) is 5.75 Å². The fourth-order valence-electron chi connectivity index (χ4n) is 3.70. The number of ether oxygens (including phenoxy) is 1. The Labute approximate surface area is 193 Å². The van der Waals surface area contributed by atoms with Gasteiger partial charge >= 0.3 is 0 Å². The minimum Gasteiger partial charge on any atom is -0.495 e. The van der Waals surface area contributed by atoms with Crippen molar-refractivity contribution < 1.29 is 9.53 Å². The minimum atomic E-state index is -0.397. The summed E-state index contributed by atoms with van der Waals surface area (Å²) in [6, 6.07) is 23.4. The SMILES string of the molecule is COc1ccccc1-n1c(NC(=O)c2ccc(Cl)cc2)c(C#N)c2nc3ccccc3nc21. The largest absolute Gasteiger partial charge is 0.495 e. The van der Waals surface area contributed by atoms with Crippen molar-refractivity contribution in [1.82, 2.24) is 14.5 Å². The van der Waals surface area contributed by atoms with Crippen LogP contribution in [0.15, 0.2) is 72.8 Å². The number of rotatable bonds is 4. The molecule has 0 spiro atoms. The highest BCUT2D eigenvalue weighted by Crippen LogP contribution is 2.35. The number of carbonyl (C=O) groups is 1. The van der Waals surface area contributed by atoms with Gasteiger partial charge in [0.05, 0.1) is 23.8 Å². The van der Waals surface area contributed by atoms with Crippen LogP contribution in [-0.2, 0) is 0 Å². The zero-order valence-electron chi connectivity index (χ0n) is 17.4. The molecule has 1 N–H and O–H groups in total. The minimum absolute atomic E-state index is 0.205. The van der Waals surface area contributed by atoms with Gasteiger partial charge in [0.1, 0.15) is 28.7 Å². The molecule has 0 aliphatic rings. The normalized spacial score (nSPS) is 10.8. The molecule has 5 rings (SSSR count). The van der Waals surface area contributed by atoms with Gasteiger partial charge in [-0.25, -0.2) is 9.97 Å². The van der Waals surface area contributed by atoms with Crippen molar-refractivity contribution in [3.8, 4) is 17.5 Å². The number of hydrogen-bond acceptors (Lipinski definition) is 5. The van der Waals surface area contributed by atoms with Gasteiger partial charge in [-0.1, -0.05) is 35.9 Å². The molecule has 0 aliphatic heterocycles. The Morgan fingerprint density at radius 3 is 2.36 bits per heavy atom. The average molecular weight is 454 g/mol. The van der Waals surface area contributed by atoms with Crippen molar-refractivity contribution in [2.24, 2.45) is 0 Å². The molecule has 1 amide bonds. The van der Waals surface area contributed by atoms with E-state index in [0.29, 0.717) is 44.2 Å². The second kappa shape index (κ2) is 8.26. The summed E-state index contributed by atoms with van der Waals surface area (Å²) < 4.78 is 7.25. The Kier molecular flexibility index (Phi) is 5.13. The molecule has 0 bridgehead atoms. The number of aromatic nitrogens is 3. The molecule has 8 heteroatoms. The molecule has 160 valence electrons. The van der Waals surface area contributed by atoms with E-state index in [9.17, 15) is 10.1 Å². The number of nitrogens with one attached hydrogen (secondary N) is 1. The standard InChI is InChI=1S/C25H16ClN5O2/c1-33-21-9-5-4-8-20(21)31-23(30-25(32)15-10-12-16(26)13-11-15)17(14-27)22-24(31)29-19-7-3-2-6-18(19)28-22/h2-13H,1H3,(H,30,32). The highest BCUT2D eigenvalue weighted by atomic mass is 35.5. The van der Waals surface area contributed by atoms with Crippen LogP contribution in [0.1, 0.15) is 15.9 Å². The Bertz CT molecular complexity index is 1570. The average Bonchev–Trinajstić information content (AvgIpc) is 3.14. The number of amides is 1. The van der Waals surface area contributed by atoms with Crippen molar-refractivity contribution in [3.05, 3.63) is 88.9 Å². The fourth-order valence-corrected chi connectivity index (χ4v) is 3.82. The first-order chi connectivity index (χ1) is 16.1. The van der Waals surface area contributed by atoms with Gasteiger partial charge in [-0.2, -0.15) is 5.26 Å². The van der Waals surface area contributed by atoms with E-state index in [1.165, 1.54) is 0 Å². The predicted molar refractivity (Wildman–Crippen MR) is 127 cm³/mol. The van der Waals surface area contributed by atoms with Gasteiger partial charge in [-0.15, -0.1) is 0 Å². The van der Waals surface area contributed by atoms with Crippen LogP contribution in [0.25, 0.3) is 27.9 Å². The number of methoxy groups -OCH3 is 1. The molecule has 0 saturated heterocycles. The second-order valence-corrected chi connectivity index (χ2v) is 7.62. The van der Waals surface area contributed by atoms with Crippen LogP contribution in [0.2, 0.25) is 5.02 Å². The summed E-state index contributed by atoms with van der Waals surface area (Å²) in [6.07, 6.45) is 0. The monoisotopic (exact) mass is 453 g/mol. The van der Waals surface area contributed by atoms with Crippen LogP contribution >= 0.6 is 11.6 Å². The van der Waals surface area contributed by atoms with Crippen molar-refractivity contribution >= 4 is 45.5 Å². The molecule has 33 heavy (non-hydrogen) atoms. The highest BCUT2D eigenvalue weighted by Gasteiger charge is 2.25. The Hall–Kier alpha value is -4.41. The van der Waals surface area contributed by atoms with Crippen molar-refractivity contribution in [2.75, 3.05) is 12.4 Å². The number of nitriles is 1. The van der Waals surface area contributed by atoms with Crippen molar-refractivity contribution in [3.63, 3.8) is 0 Å². The summed E-state index contributed by atoms with van der Waals surface area (Å²) in [7, 11) is 1.56. The summed E-state index contributed by atoms with van der Waals surface area (Å²) in [4.78, 5) is 22.6. The van der Waals surface area contributed by atoms with Crippen LogP contribution < -0.4 is 10.1 Å². The summed E-state index contributed by atoms with van der Waals surface area (Å²) in [5, 5.41) is 13.5. The number of nitrogens with zero attached hydrogens (tertiary/aromatic N) is 4. The molecule has 0 aliphatic carbocycles. The molecular formula is C25H16ClN5O2. The topological polar surface area (TPSA) is 92.8 Å². The first-order valence-electron chi connectivity index (χ1n) is 10.0. The number of carbonyl (C=O) groups excluding carboxylic acids is 1. The lowest BCUT2D eigenvalue weighted by atomic mass is 10.2. The molecule has 0 radical (unpaired) electrons. The highest BCUT2D eigenvalue weighted by molar-refractivity contribution is 6.30. The first kappa shape index (κ1) is 20.5. The van der Waals surface area contributed by atoms with E-state index in [4.69, 9.17) is 21.3 Å². The molecule has 0 atom stereocenters. The first-order valence-corrected chi connectivity index (χ1v) is 10.4. The molecule has 0 saturated carbocycles. The second-order valence-electron chi connectivity index (χ2n) is 7.19. The zero-order chi connectivity index (χ0) is 22.9. The maximum atomic E-state index is 13.1. The fraction of sp³-hybridized carbons (Fsp3) is 0.0400. The van der Waals surface area contributed by atoms with E-state index in [1.807, 2.05) is 42.5 Å².